The Morgan fingerprint density at radius 1 is 1.69 bits per heavy atom. The molecule has 0 bridgehead atoms. The zero-order valence-electron chi connectivity index (χ0n) is 8.22. The van der Waals surface area contributed by atoms with Crippen LogP contribution in [0.2, 0.25) is 0 Å². The van der Waals surface area contributed by atoms with Gasteiger partial charge in [0, 0.05) is 14.2 Å². The van der Waals surface area contributed by atoms with E-state index < -0.39 is 5.72 Å². The maximum Gasteiger partial charge on any atom is 0.254 e. The lowest BCUT2D eigenvalue weighted by Crippen LogP contribution is -2.44. The third-order valence-corrected chi connectivity index (χ3v) is 2.09. The topological polar surface area (TPSA) is 59.6 Å². The molecule has 0 spiro atoms. The Morgan fingerprint density at radius 2 is 2.31 bits per heavy atom. The monoisotopic (exact) mass is 186 g/mol. The second kappa shape index (κ2) is 3.35. The number of ether oxygens (including phenoxy) is 1. The van der Waals surface area contributed by atoms with Gasteiger partial charge in [0.05, 0.1) is 0 Å². The lowest BCUT2D eigenvalue weighted by molar-refractivity contribution is -0.121. The van der Waals surface area contributed by atoms with Crippen molar-refractivity contribution in [3.05, 3.63) is 11.3 Å². The van der Waals surface area contributed by atoms with Crippen LogP contribution in [-0.4, -0.2) is 25.8 Å². The molecule has 1 rings (SSSR count). The Bertz CT molecular complexity index is 262. The average Bonchev–Trinajstić information content (AvgIpc) is 2.43. The molecule has 1 aliphatic heterocycles. The summed E-state index contributed by atoms with van der Waals surface area (Å²) in [6.07, 6.45) is 0. The van der Waals surface area contributed by atoms with Gasteiger partial charge >= 0.3 is 0 Å². The van der Waals surface area contributed by atoms with E-state index in [9.17, 15) is 4.79 Å². The van der Waals surface area contributed by atoms with E-state index in [2.05, 4.69) is 10.8 Å². The fraction of sp³-hybridized carbons (Fsp3) is 0.625. The van der Waals surface area contributed by atoms with Gasteiger partial charge in [-0.05, 0) is 13.8 Å². The molecular weight excluding hydrogens is 172 g/mol. The smallest absolute Gasteiger partial charge is 0.254 e. The van der Waals surface area contributed by atoms with Gasteiger partial charge in [-0.2, -0.15) is 0 Å². The van der Waals surface area contributed by atoms with E-state index in [0.29, 0.717) is 11.3 Å². The first-order valence-electron chi connectivity index (χ1n) is 3.97. The molecule has 0 aliphatic carbocycles. The van der Waals surface area contributed by atoms with E-state index in [1.165, 1.54) is 7.11 Å². The van der Waals surface area contributed by atoms with Crippen LogP contribution in [0.4, 0.5) is 0 Å². The lowest BCUT2D eigenvalue weighted by atomic mass is 10.0. The predicted molar refractivity (Wildman–Crippen MR) is 46.4 cm³/mol. The van der Waals surface area contributed by atoms with Crippen molar-refractivity contribution in [3.63, 3.8) is 0 Å². The molecule has 0 fully saturated rings. The maximum atomic E-state index is 11.4. The SMILES string of the molecule is CNC(=O)C1=C(C)ONC1(C)OC. The summed E-state index contributed by atoms with van der Waals surface area (Å²) >= 11 is 0. The molecule has 0 aromatic heterocycles. The zero-order valence-corrected chi connectivity index (χ0v) is 8.22. The third-order valence-electron chi connectivity index (χ3n) is 2.09. The summed E-state index contributed by atoms with van der Waals surface area (Å²) in [6, 6.07) is 0. The molecule has 5 nitrogen and oxygen atoms in total. The molecule has 5 heteroatoms. The molecule has 0 saturated carbocycles. The first-order chi connectivity index (χ1) is 6.05. The Balaban J connectivity index is 3.01. The molecule has 74 valence electrons. The number of hydrogen-bond donors (Lipinski definition) is 2. The van der Waals surface area contributed by atoms with Gasteiger partial charge in [-0.25, -0.2) is 0 Å². The Morgan fingerprint density at radius 3 is 2.77 bits per heavy atom. The van der Waals surface area contributed by atoms with Crippen molar-refractivity contribution in [3.8, 4) is 0 Å². The number of amides is 1. The van der Waals surface area contributed by atoms with Crippen LogP contribution in [0, 0.1) is 0 Å². The molecule has 0 radical (unpaired) electrons. The van der Waals surface area contributed by atoms with Crippen LogP contribution < -0.4 is 10.8 Å². The van der Waals surface area contributed by atoms with Gasteiger partial charge < -0.3 is 14.9 Å². The molecular formula is C8H14N2O3. The van der Waals surface area contributed by atoms with Gasteiger partial charge in [0.25, 0.3) is 5.91 Å². The minimum absolute atomic E-state index is 0.202. The second-order valence-electron chi connectivity index (χ2n) is 2.95. The van der Waals surface area contributed by atoms with Crippen molar-refractivity contribution in [1.82, 2.24) is 10.8 Å². The number of methoxy groups -OCH3 is 1. The van der Waals surface area contributed by atoms with Crippen LogP contribution in [0.5, 0.6) is 0 Å². The average molecular weight is 186 g/mol. The van der Waals surface area contributed by atoms with Gasteiger partial charge in [0.15, 0.2) is 5.72 Å². The first-order valence-corrected chi connectivity index (χ1v) is 3.97. The Labute approximate surface area is 77.0 Å². The van der Waals surface area contributed by atoms with Crippen LogP contribution in [0.15, 0.2) is 11.3 Å². The van der Waals surface area contributed by atoms with Gasteiger partial charge in [0.2, 0.25) is 0 Å². The van der Waals surface area contributed by atoms with Gasteiger partial charge in [-0.3, -0.25) is 4.79 Å². The highest BCUT2D eigenvalue weighted by Gasteiger charge is 2.41. The van der Waals surface area contributed by atoms with E-state index in [0.717, 1.165) is 0 Å². The molecule has 1 heterocycles. The molecule has 0 saturated heterocycles. The van der Waals surface area contributed by atoms with Crippen molar-refractivity contribution >= 4 is 5.91 Å². The fourth-order valence-corrected chi connectivity index (χ4v) is 1.26. The second-order valence-corrected chi connectivity index (χ2v) is 2.95. The molecule has 1 amide bonds. The lowest BCUT2D eigenvalue weighted by Gasteiger charge is -2.22. The number of carbonyl (C=O) groups excluding carboxylic acids is 1. The number of rotatable bonds is 2. The number of allylic oxidation sites excluding steroid dienone is 1. The minimum atomic E-state index is -0.857. The van der Waals surface area contributed by atoms with Crippen LogP contribution in [0.3, 0.4) is 0 Å². The summed E-state index contributed by atoms with van der Waals surface area (Å²) < 4.78 is 5.15. The van der Waals surface area contributed by atoms with Crippen molar-refractivity contribution in [2.75, 3.05) is 14.2 Å². The van der Waals surface area contributed by atoms with Gasteiger partial charge in [-0.15, -0.1) is 5.48 Å². The van der Waals surface area contributed by atoms with Crippen LogP contribution in [0.25, 0.3) is 0 Å². The first kappa shape index (κ1) is 10.0. The summed E-state index contributed by atoms with van der Waals surface area (Å²) in [5, 5.41) is 2.53. The fourth-order valence-electron chi connectivity index (χ4n) is 1.26. The van der Waals surface area contributed by atoms with Gasteiger partial charge in [-0.1, -0.05) is 0 Å². The highest BCUT2D eigenvalue weighted by atomic mass is 16.7. The van der Waals surface area contributed by atoms with Crippen molar-refractivity contribution < 1.29 is 14.4 Å². The number of hydrogen-bond acceptors (Lipinski definition) is 4. The van der Waals surface area contributed by atoms with Crippen molar-refractivity contribution in [2.45, 2.75) is 19.6 Å². The standard InChI is InChI=1S/C8H14N2O3/c1-5-6(7(11)9-3)8(2,12-4)10-13-5/h10H,1-4H3,(H,9,11). The van der Waals surface area contributed by atoms with E-state index in [4.69, 9.17) is 9.57 Å². The molecule has 1 unspecified atom stereocenters. The molecule has 13 heavy (non-hydrogen) atoms. The summed E-state index contributed by atoms with van der Waals surface area (Å²) in [5.41, 5.74) is 2.25. The van der Waals surface area contributed by atoms with Crippen molar-refractivity contribution in [1.29, 1.82) is 0 Å². The summed E-state index contributed by atoms with van der Waals surface area (Å²) in [7, 11) is 3.08. The van der Waals surface area contributed by atoms with Crippen LogP contribution in [0.1, 0.15) is 13.8 Å². The van der Waals surface area contributed by atoms with Crippen molar-refractivity contribution in [2.24, 2.45) is 0 Å². The summed E-state index contributed by atoms with van der Waals surface area (Å²) in [4.78, 5) is 16.5. The van der Waals surface area contributed by atoms with Crippen LogP contribution in [-0.2, 0) is 14.4 Å². The highest BCUT2D eigenvalue weighted by Crippen LogP contribution is 2.27. The predicted octanol–water partition coefficient (Wildman–Crippen LogP) is -0.0962. The van der Waals surface area contributed by atoms with E-state index >= 15 is 0 Å². The largest absolute Gasteiger partial charge is 0.410 e. The molecule has 0 aromatic rings. The third kappa shape index (κ3) is 1.52. The molecule has 2 N–H and O–H groups in total. The number of likely N-dealkylation sites (N-methyl/N-ethyl adjacent to an activating group) is 1. The minimum Gasteiger partial charge on any atom is -0.410 e. The summed E-state index contributed by atoms with van der Waals surface area (Å²) in [5.74, 6) is 0.329. The molecule has 0 aromatic carbocycles. The number of carbonyl (C=O) groups is 1. The van der Waals surface area contributed by atoms with E-state index in [1.807, 2.05) is 0 Å². The number of nitrogens with one attached hydrogen (secondary N) is 2. The van der Waals surface area contributed by atoms with Crippen LogP contribution >= 0.6 is 0 Å². The highest BCUT2D eigenvalue weighted by molar-refractivity contribution is 5.95. The molecule has 1 atom stereocenters. The maximum absolute atomic E-state index is 11.4. The van der Waals surface area contributed by atoms with E-state index in [1.54, 1.807) is 20.9 Å². The normalized spacial score (nSPS) is 27.4. The molecule has 1 aliphatic rings. The zero-order chi connectivity index (χ0) is 10.1. The quantitative estimate of drug-likeness (QED) is 0.632. The number of hydroxylamine groups is 1. The van der Waals surface area contributed by atoms with E-state index in [-0.39, 0.29) is 5.91 Å². The van der Waals surface area contributed by atoms with Gasteiger partial charge in [0.1, 0.15) is 11.3 Å². The summed E-state index contributed by atoms with van der Waals surface area (Å²) in [6.45, 7) is 3.44. The Kier molecular flexibility index (Phi) is 2.58. The Hall–Kier alpha value is -1.07.